The number of carbonyl (C=O) groups excluding carboxylic acids is 1. The van der Waals surface area contributed by atoms with Gasteiger partial charge in [-0.25, -0.2) is 0 Å². The van der Waals surface area contributed by atoms with Crippen LogP contribution in [0, 0.1) is 16.7 Å². The molecule has 0 N–H and O–H groups in total. The maximum atomic E-state index is 12.2. The summed E-state index contributed by atoms with van der Waals surface area (Å²) in [5, 5.41) is 0. The van der Waals surface area contributed by atoms with Gasteiger partial charge in [0.2, 0.25) is 0 Å². The minimum absolute atomic E-state index is 0.0496. The lowest BCUT2D eigenvalue weighted by molar-refractivity contribution is -0.154. The number of rotatable bonds is 6. The summed E-state index contributed by atoms with van der Waals surface area (Å²) in [5.74, 6) is 0.00627. The minimum Gasteiger partial charge on any atom is -0.468 e. The molecule has 3 nitrogen and oxygen atoms in total. The summed E-state index contributed by atoms with van der Waals surface area (Å²) in [6.45, 7) is 11.0. The molecule has 1 atom stereocenters. The molecule has 0 amide bonds. The topological polar surface area (TPSA) is 35.5 Å². The third kappa shape index (κ3) is 5.26. The van der Waals surface area contributed by atoms with Crippen LogP contribution in [0.5, 0.6) is 0 Å². The van der Waals surface area contributed by atoms with E-state index in [0.29, 0.717) is 6.61 Å². The number of esters is 1. The van der Waals surface area contributed by atoms with E-state index in [2.05, 4.69) is 34.6 Å². The van der Waals surface area contributed by atoms with Gasteiger partial charge in [-0.1, -0.05) is 46.8 Å². The first kappa shape index (κ1) is 17.9. The van der Waals surface area contributed by atoms with Crippen LogP contribution in [0.15, 0.2) is 12.2 Å². The summed E-state index contributed by atoms with van der Waals surface area (Å²) in [5.41, 5.74) is -0.532. The molecule has 0 spiro atoms. The molecule has 0 aliphatic rings. The minimum atomic E-state index is -0.581. The molecule has 0 saturated carbocycles. The van der Waals surface area contributed by atoms with Gasteiger partial charge >= 0.3 is 5.97 Å². The standard InChI is InChI=1S/C14H25IO3/c1-11(2)14(12(16)17-6,8-7-9-18-15)10-13(3,4)5/h7-8,11H,9-10H2,1-6H3. The van der Waals surface area contributed by atoms with Crippen LogP contribution in [0.2, 0.25) is 0 Å². The molecule has 106 valence electrons. The highest BCUT2D eigenvalue weighted by molar-refractivity contribution is 14.1. The molecular weight excluding hydrogens is 343 g/mol. The van der Waals surface area contributed by atoms with E-state index in [-0.39, 0.29) is 17.3 Å². The monoisotopic (exact) mass is 368 g/mol. The second kappa shape index (κ2) is 7.48. The van der Waals surface area contributed by atoms with E-state index in [9.17, 15) is 4.79 Å². The van der Waals surface area contributed by atoms with Crippen molar-refractivity contribution in [2.45, 2.75) is 41.0 Å². The lowest BCUT2D eigenvalue weighted by Crippen LogP contribution is -2.39. The van der Waals surface area contributed by atoms with E-state index in [0.717, 1.165) is 6.42 Å². The van der Waals surface area contributed by atoms with Gasteiger partial charge in [0.15, 0.2) is 0 Å². The van der Waals surface area contributed by atoms with Crippen molar-refractivity contribution in [3.8, 4) is 0 Å². The Labute approximate surface area is 125 Å². The molecule has 0 saturated heterocycles. The molecule has 0 aromatic carbocycles. The van der Waals surface area contributed by atoms with Gasteiger partial charge in [-0.3, -0.25) is 4.79 Å². The van der Waals surface area contributed by atoms with Crippen molar-refractivity contribution in [1.82, 2.24) is 0 Å². The highest BCUT2D eigenvalue weighted by atomic mass is 127. The Kier molecular flexibility index (Phi) is 7.44. The van der Waals surface area contributed by atoms with Gasteiger partial charge in [0.25, 0.3) is 0 Å². The van der Waals surface area contributed by atoms with Crippen molar-refractivity contribution >= 4 is 29.0 Å². The molecule has 0 bridgehead atoms. The van der Waals surface area contributed by atoms with Crippen LogP contribution in [-0.4, -0.2) is 19.7 Å². The average Bonchev–Trinajstić information content (AvgIpc) is 2.24. The molecule has 0 rings (SSSR count). The van der Waals surface area contributed by atoms with Crippen LogP contribution in [0.3, 0.4) is 0 Å². The van der Waals surface area contributed by atoms with Crippen LogP contribution in [0.1, 0.15) is 41.0 Å². The molecule has 4 heteroatoms. The van der Waals surface area contributed by atoms with Crippen LogP contribution in [0.25, 0.3) is 0 Å². The predicted octanol–water partition coefficient (Wildman–Crippen LogP) is 4.16. The van der Waals surface area contributed by atoms with E-state index in [1.54, 1.807) is 0 Å². The molecule has 0 aliphatic carbocycles. The second-order valence-corrected chi connectivity index (χ2v) is 6.73. The lowest BCUT2D eigenvalue weighted by Gasteiger charge is -2.37. The number of halogens is 1. The zero-order valence-electron chi connectivity index (χ0n) is 12.2. The summed E-state index contributed by atoms with van der Waals surface area (Å²) < 4.78 is 10.0. The quantitative estimate of drug-likeness (QED) is 0.401. The van der Waals surface area contributed by atoms with Crippen molar-refractivity contribution in [3.05, 3.63) is 12.2 Å². The molecule has 0 fully saturated rings. The normalized spacial score (nSPS) is 16.0. The maximum Gasteiger partial charge on any atom is 0.315 e. The number of hydrogen-bond acceptors (Lipinski definition) is 3. The molecule has 1 unspecified atom stereocenters. The van der Waals surface area contributed by atoms with Crippen molar-refractivity contribution in [2.75, 3.05) is 13.7 Å². The highest BCUT2D eigenvalue weighted by Crippen LogP contribution is 2.42. The van der Waals surface area contributed by atoms with Gasteiger partial charge in [-0.15, -0.1) is 0 Å². The number of ether oxygens (including phenoxy) is 1. The molecule has 0 aromatic heterocycles. The summed E-state index contributed by atoms with van der Waals surface area (Å²) in [4.78, 5) is 12.2. The van der Waals surface area contributed by atoms with Crippen LogP contribution in [0.4, 0.5) is 0 Å². The SMILES string of the molecule is COC(=O)C(C=CCOI)(CC(C)(C)C)C(C)C. The zero-order chi connectivity index (χ0) is 14.4. The summed E-state index contributed by atoms with van der Waals surface area (Å²) in [7, 11) is 1.45. The first-order valence-electron chi connectivity index (χ1n) is 6.19. The third-order valence-electron chi connectivity index (χ3n) is 2.99. The highest BCUT2D eigenvalue weighted by Gasteiger charge is 2.43. The van der Waals surface area contributed by atoms with Gasteiger partial charge in [0, 0.05) is 0 Å². The Morgan fingerprint density at radius 3 is 2.22 bits per heavy atom. The molecule has 0 aromatic rings. The largest absolute Gasteiger partial charge is 0.468 e. The van der Waals surface area contributed by atoms with Gasteiger partial charge in [0.1, 0.15) is 23.0 Å². The summed E-state index contributed by atoms with van der Waals surface area (Å²) in [6.07, 6.45) is 4.60. The lowest BCUT2D eigenvalue weighted by atomic mass is 9.67. The van der Waals surface area contributed by atoms with E-state index < -0.39 is 5.41 Å². The Morgan fingerprint density at radius 1 is 1.33 bits per heavy atom. The number of methoxy groups -OCH3 is 1. The van der Waals surface area contributed by atoms with Crippen LogP contribution < -0.4 is 0 Å². The molecular formula is C14H25IO3. The van der Waals surface area contributed by atoms with Gasteiger partial charge in [0.05, 0.1) is 19.1 Å². The fourth-order valence-electron chi connectivity index (χ4n) is 2.19. The second-order valence-electron chi connectivity index (χ2n) is 6.10. The molecule has 0 radical (unpaired) electrons. The first-order valence-corrected chi connectivity index (χ1v) is 7.07. The fourth-order valence-corrected chi connectivity index (χ4v) is 2.40. The van der Waals surface area contributed by atoms with Gasteiger partial charge in [-0.2, -0.15) is 0 Å². The summed E-state index contributed by atoms with van der Waals surface area (Å²) in [6, 6.07) is 0. The Balaban J connectivity index is 5.36. The van der Waals surface area contributed by atoms with Crippen molar-refractivity contribution in [3.63, 3.8) is 0 Å². The van der Waals surface area contributed by atoms with Gasteiger partial charge in [-0.05, 0) is 17.8 Å². The van der Waals surface area contributed by atoms with Crippen LogP contribution in [-0.2, 0) is 12.6 Å². The number of hydrogen-bond donors (Lipinski definition) is 0. The third-order valence-corrected chi connectivity index (χ3v) is 3.35. The Morgan fingerprint density at radius 2 is 1.89 bits per heavy atom. The maximum absolute atomic E-state index is 12.2. The smallest absolute Gasteiger partial charge is 0.315 e. The average molecular weight is 368 g/mol. The van der Waals surface area contributed by atoms with Crippen LogP contribution >= 0.6 is 23.0 Å². The van der Waals surface area contributed by atoms with Gasteiger partial charge < -0.3 is 7.80 Å². The fraction of sp³-hybridized carbons (Fsp3) is 0.786. The van der Waals surface area contributed by atoms with Crippen molar-refractivity contribution < 1.29 is 12.6 Å². The van der Waals surface area contributed by atoms with E-state index in [1.165, 1.54) is 7.11 Å². The molecule has 0 heterocycles. The molecule has 18 heavy (non-hydrogen) atoms. The molecule has 0 aliphatic heterocycles. The Bertz CT molecular complexity index is 292. The first-order chi connectivity index (χ1) is 8.19. The summed E-state index contributed by atoms with van der Waals surface area (Å²) >= 11 is 1.84. The Hall–Kier alpha value is -0.100. The van der Waals surface area contributed by atoms with Crippen molar-refractivity contribution in [1.29, 1.82) is 0 Å². The zero-order valence-corrected chi connectivity index (χ0v) is 14.4. The van der Waals surface area contributed by atoms with E-state index in [4.69, 9.17) is 7.80 Å². The van der Waals surface area contributed by atoms with E-state index >= 15 is 0 Å². The van der Waals surface area contributed by atoms with E-state index in [1.807, 2.05) is 35.2 Å². The van der Waals surface area contributed by atoms with Crippen molar-refractivity contribution in [2.24, 2.45) is 16.7 Å². The predicted molar refractivity (Wildman–Crippen MR) is 82.5 cm³/mol. The number of carbonyl (C=O) groups is 1.